The maximum absolute atomic E-state index is 11.9. The highest BCUT2D eigenvalue weighted by Gasteiger charge is 2.50. The summed E-state index contributed by atoms with van der Waals surface area (Å²) in [5.41, 5.74) is 0. The predicted molar refractivity (Wildman–Crippen MR) is 139 cm³/mol. The quantitative estimate of drug-likeness (QED) is 0.339. The van der Waals surface area contributed by atoms with Crippen molar-refractivity contribution in [3.63, 3.8) is 0 Å². The van der Waals surface area contributed by atoms with E-state index in [0.29, 0.717) is 5.92 Å². The number of nitrogens with one attached hydrogen (secondary N) is 1. The van der Waals surface area contributed by atoms with Gasteiger partial charge in [-0.1, -0.05) is 109 Å². The van der Waals surface area contributed by atoms with Crippen molar-refractivity contribution < 1.29 is 9.22 Å². The molecule has 1 N–H and O–H groups in total. The van der Waals surface area contributed by atoms with E-state index in [9.17, 15) is 4.79 Å². The van der Waals surface area contributed by atoms with Crippen LogP contribution in [0.4, 0.5) is 0 Å². The maximum Gasteiger partial charge on any atom is 0.261 e. The molecule has 0 saturated carbocycles. The van der Waals surface area contributed by atoms with E-state index in [4.69, 9.17) is 4.43 Å². The summed E-state index contributed by atoms with van der Waals surface area (Å²) in [4.78, 5) is 11.9. The molecule has 4 heteroatoms. The normalized spacial score (nSPS) is 14.1. The van der Waals surface area contributed by atoms with Crippen LogP contribution in [0.1, 0.15) is 67.2 Å². The Morgan fingerprint density at radius 3 is 1.94 bits per heavy atom. The average Bonchev–Trinajstić information content (AvgIpc) is 2.79. The van der Waals surface area contributed by atoms with Gasteiger partial charge in [-0.15, -0.1) is 0 Å². The van der Waals surface area contributed by atoms with Crippen molar-refractivity contribution in [2.45, 2.75) is 72.3 Å². The fourth-order valence-corrected chi connectivity index (χ4v) is 8.99. The van der Waals surface area contributed by atoms with Crippen molar-refractivity contribution in [1.29, 1.82) is 0 Å². The summed E-state index contributed by atoms with van der Waals surface area (Å²) in [7, 11) is -2.46. The first-order valence-corrected chi connectivity index (χ1v) is 14.2. The molecular formula is C28H43NO2Si. The highest BCUT2D eigenvalue weighted by molar-refractivity contribution is 6.99. The van der Waals surface area contributed by atoms with Crippen molar-refractivity contribution in [3.05, 3.63) is 60.7 Å². The molecule has 0 bridgehead atoms. The van der Waals surface area contributed by atoms with E-state index in [1.54, 1.807) is 0 Å². The van der Waals surface area contributed by atoms with Gasteiger partial charge in [-0.25, -0.2) is 0 Å². The van der Waals surface area contributed by atoms with Gasteiger partial charge >= 0.3 is 0 Å². The minimum atomic E-state index is -2.46. The Morgan fingerprint density at radius 1 is 0.938 bits per heavy atom. The largest absolute Gasteiger partial charge is 0.407 e. The standard InChI is InChI=1S/C28H43NO2Si/c1-7-24(3)27(30)29-21-15-14-16-23(2)22-31-32(28(4,5)6,25-17-10-8-11-18-25)26-19-12-9-13-20-26/h8-13,17-20,23-24H,7,14-16,21-22H2,1-6H3,(H,29,30)/t23-,24+/m0/s1. The molecule has 2 atom stereocenters. The van der Waals surface area contributed by atoms with Crippen LogP contribution in [0.3, 0.4) is 0 Å². The van der Waals surface area contributed by atoms with E-state index in [0.717, 1.165) is 38.8 Å². The number of rotatable bonds is 12. The van der Waals surface area contributed by atoms with Crippen molar-refractivity contribution in [1.82, 2.24) is 5.32 Å². The Hall–Kier alpha value is -1.91. The van der Waals surface area contributed by atoms with Crippen molar-refractivity contribution in [2.75, 3.05) is 13.2 Å². The zero-order chi connectivity index (χ0) is 23.6. The summed E-state index contributed by atoms with van der Waals surface area (Å²) < 4.78 is 7.04. The minimum absolute atomic E-state index is 0.00960. The molecule has 0 radical (unpaired) electrons. The highest BCUT2D eigenvalue weighted by atomic mass is 28.4. The Bertz CT molecular complexity index is 762. The van der Waals surface area contributed by atoms with Crippen LogP contribution in [0.25, 0.3) is 0 Å². The zero-order valence-corrected chi connectivity index (χ0v) is 22.0. The van der Waals surface area contributed by atoms with Crippen molar-refractivity contribution >= 4 is 24.6 Å². The zero-order valence-electron chi connectivity index (χ0n) is 21.0. The van der Waals surface area contributed by atoms with E-state index < -0.39 is 8.32 Å². The molecule has 1 amide bonds. The summed E-state index contributed by atoms with van der Waals surface area (Å²) >= 11 is 0. The Morgan fingerprint density at radius 2 is 1.47 bits per heavy atom. The summed E-state index contributed by atoms with van der Waals surface area (Å²) in [5.74, 6) is 0.756. The van der Waals surface area contributed by atoms with E-state index in [1.807, 2.05) is 6.92 Å². The van der Waals surface area contributed by atoms with Gasteiger partial charge in [0.2, 0.25) is 5.91 Å². The molecule has 2 aromatic rings. The van der Waals surface area contributed by atoms with Crippen LogP contribution in [-0.2, 0) is 9.22 Å². The number of carbonyl (C=O) groups excluding carboxylic acids is 1. The van der Waals surface area contributed by atoms with Gasteiger partial charge in [0.05, 0.1) is 0 Å². The molecule has 0 saturated heterocycles. The molecule has 0 fully saturated rings. The Labute approximate surface area is 197 Å². The van der Waals surface area contributed by atoms with Crippen LogP contribution in [0, 0.1) is 11.8 Å². The molecule has 0 heterocycles. The van der Waals surface area contributed by atoms with Crippen molar-refractivity contribution in [2.24, 2.45) is 11.8 Å². The van der Waals surface area contributed by atoms with Crippen LogP contribution in [0.5, 0.6) is 0 Å². The number of hydrogen-bond acceptors (Lipinski definition) is 2. The second-order valence-electron chi connectivity index (χ2n) is 10.2. The monoisotopic (exact) mass is 453 g/mol. The van der Waals surface area contributed by atoms with E-state index in [1.165, 1.54) is 10.4 Å². The molecule has 0 aliphatic heterocycles. The fourth-order valence-electron chi connectivity index (χ4n) is 4.30. The van der Waals surface area contributed by atoms with Crippen LogP contribution >= 0.6 is 0 Å². The summed E-state index contributed by atoms with van der Waals surface area (Å²) in [6.45, 7) is 14.8. The first kappa shape index (κ1) is 26.3. The third kappa shape index (κ3) is 6.79. The lowest BCUT2D eigenvalue weighted by molar-refractivity contribution is -0.124. The number of carbonyl (C=O) groups is 1. The molecule has 0 aromatic heterocycles. The second kappa shape index (κ2) is 12.4. The highest BCUT2D eigenvalue weighted by Crippen LogP contribution is 2.37. The number of benzene rings is 2. The molecule has 0 spiro atoms. The summed E-state index contributed by atoms with van der Waals surface area (Å²) in [5, 5.41) is 5.74. The van der Waals surface area contributed by atoms with Gasteiger partial charge in [-0.05, 0) is 40.6 Å². The molecule has 3 nitrogen and oxygen atoms in total. The first-order chi connectivity index (χ1) is 15.2. The summed E-state index contributed by atoms with van der Waals surface area (Å²) in [6.07, 6.45) is 4.12. The van der Waals surface area contributed by atoms with Gasteiger partial charge in [0.1, 0.15) is 0 Å². The van der Waals surface area contributed by atoms with Crippen molar-refractivity contribution in [3.8, 4) is 0 Å². The Kier molecular flexibility index (Phi) is 10.2. The van der Waals surface area contributed by atoms with Crippen LogP contribution in [-0.4, -0.2) is 27.4 Å². The molecule has 176 valence electrons. The summed E-state index contributed by atoms with van der Waals surface area (Å²) in [6, 6.07) is 21.7. The molecular weight excluding hydrogens is 410 g/mol. The molecule has 0 aliphatic carbocycles. The third-order valence-corrected chi connectivity index (χ3v) is 11.5. The van der Waals surface area contributed by atoms with Gasteiger partial charge in [0.15, 0.2) is 0 Å². The van der Waals surface area contributed by atoms with E-state index >= 15 is 0 Å². The van der Waals surface area contributed by atoms with Crippen LogP contribution in [0.15, 0.2) is 60.7 Å². The van der Waals surface area contributed by atoms with Gasteiger partial charge in [-0.2, -0.15) is 0 Å². The van der Waals surface area contributed by atoms with Gasteiger partial charge < -0.3 is 9.74 Å². The van der Waals surface area contributed by atoms with Gasteiger partial charge in [-0.3, -0.25) is 4.79 Å². The van der Waals surface area contributed by atoms with E-state index in [-0.39, 0.29) is 16.9 Å². The fraction of sp³-hybridized carbons (Fsp3) is 0.536. The topological polar surface area (TPSA) is 38.3 Å². The lowest BCUT2D eigenvalue weighted by atomic mass is 10.1. The SMILES string of the molecule is CC[C@@H](C)C(=O)NCCCC[C@H](C)CO[Si](c1ccccc1)(c1ccccc1)C(C)(C)C. The third-order valence-electron chi connectivity index (χ3n) is 6.48. The van der Waals surface area contributed by atoms with Crippen LogP contribution in [0.2, 0.25) is 5.04 Å². The lowest BCUT2D eigenvalue weighted by Gasteiger charge is -2.43. The lowest BCUT2D eigenvalue weighted by Crippen LogP contribution is -2.66. The van der Waals surface area contributed by atoms with Gasteiger partial charge in [0, 0.05) is 19.1 Å². The maximum atomic E-state index is 11.9. The Balaban J connectivity index is 2.04. The van der Waals surface area contributed by atoms with Gasteiger partial charge in [0.25, 0.3) is 8.32 Å². The number of hydrogen-bond donors (Lipinski definition) is 1. The molecule has 0 aliphatic rings. The van der Waals surface area contributed by atoms with E-state index in [2.05, 4.69) is 101 Å². The number of amides is 1. The molecule has 32 heavy (non-hydrogen) atoms. The smallest absolute Gasteiger partial charge is 0.261 e. The molecule has 2 rings (SSSR count). The predicted octanol–water partition coefficient (Wildman–Crippen LogP) is 5.53. The second-order valence-corrected chi connectivity index (χ2v) is 14.5. The number of unbranched alkanes of at least 4 members (excludes halogenated alkanes) is 1. The minimum Gasteiger partial charge on any atom is -0.407 e. The van der Waals surface area contributed by atoms with Crippen LogP contribution < -0.4 is 15.7 Å². The average molecular weight is 454 g/mol. The first-order valence-electron chi connectivity index (χ1n) is 12.2. The molecule has 0 unspecified atom stereocenters. The molecule has 2 aromatic carbocycles.